The van der Waals surface area contributed by atoms with Gasteiger partial charge in [-0.25, -0.2) is 9.78 Å². The Labute approximate surface area is 145 Å². The summed E-state index contributed by atoms with van der Waals surface area (Å²) in [6.07, 6.45) is 1.29. The number of hydrogen-bond acceptors (Lipinski definition) is 6. The Morgan fingerprint density at radius 2 is 2.04 bits per heavy atom. The molecule has 0 aliphatic carbocycles. The minimum absolute atomic E-state index is 0.0420. The molecule has 1 N–H and O–H groups in total. The maximum Gasteiger partial charge on any atom is 0.338 e. The molecule has 8 nitrogen and oxygen atoms in total. The lowest BCUT2D eigenvalue weighted by Crippen LogP contribution is -2.21. The number of nitro groups is 1. The average Bonchev–Trinajstić information content (AvgIpc) is 2.55. The first-order chi connectivity index (χ1) is 11.4. The predicted octanol–water partition coefficient (Wildman–Crippen LogP) is 3.09. The van der Waals surface area contributed by atoms with Crippen LogP contribution in [-0.4, -0.2) is 28.4 Å². The van der Waals surface area contributed by atoms with Gasteiger partial charge in [-0.15, -0.1) is 0 Å². The van der Waals surface area contributed by atoms with Crippen molar-refractivity contribution in [1.82, 2.24) is 4.98 Å². The van der Waals surface area contributed by atoms with E-state index in [9.17, 15) is 19.7 Å². The number of halogens is 2. The molecule has 1 aromatic heterocycles. The highest BCUT2D eigenvalue weighted by atomic mass is 35.5. The Morgan fingerprint density at radius 1 is 1.29 bits per heavy atom. The van der Waals surface area contributed by atoms with E-state index in [0.29, 0.717) is 5.02 Å². The minimum Gasteiger partial charge on any atom is -0.452 e. The zero-order valence-corrected chi connectivity index (χ0v) is 13.4. The molecule has 0 spiro atoms. The maximum atomic E-state index is 11.8. The summed E-state index contributed by atoms with van der Waals surface area (Å²) in [5.41, 5.74) is -0.300. The second-order valence-electron chi connectivity index (χ2n) is 4.42. The molecule has 124 valence electrons. The van der Waals surface area contributed by atoms with Gasteiger partial charge < -0.3 is 10.1 Å². The number of nitro benzene ring substituents is 1. The number of rotatable bonds is 5. The molecule has 0 radical (unpaired) electrons. The van der Waals surface area contributed by atoms with E-state index in [4.69, 9.17) is 27.9 Å². The van der Waals surface area contributed by atoms with E-state index >= 15 is 0 Å². The number of hydrogen-bond donors (Lipinski definition) is 1. The van der Waals surface area contributed by atoms with Crippen molar-refractivity contribution in [2.45, 2.75) is 0 Å². The number of carbonyl (C=O) groups is 2. The Hall–Kier alpha value is -2.71. The molecule has 0 unspecified atom stereocenters. The van der Waals surface area contributed by atoms with Crippen LogP contribution < -0.4 is 5.32 Å². The Kier molecular flexibility index (Phi) is 5.67. The Bertz CT molecular complexity index is 813. The summed E-state index contributed by atoms with van der Waals surface area (Å²) in [5, 5.41) is 13.4. The number of pyridine rings is 1. The van der Waals surface area contributed by atoms with Crippen molar-refractivity contribution >= 4 is 46.6 Å². The second-order valence-corrected chi connectivity index (χ2v) is 5.26. The predicted molar refractivity (Wildman–Crippen MR) is 86.3 cm³/mol. The molecule has 24 heavy (non-hydrogen) atoms. The third-order valence-corrected chi connectivity index (χ3v) is 3.19. The molecule has 2 aromatic rings. The van der Waals surface area contributed by atoms with Crippen LogP contribution in [-0.2, 0) is 9.53 Å². The quantitative estimate of drug-likeness (QED) is 0.492. The molecular weight excluding hydrogens is 361 g/mol. The van der Waals surface area contributed by atoms with Crippen LogP contribution in [0.1, 0.15) is 10.4 Å². The summed E-state index contributed by atoms with van der Waals surface area (Å²) in [5.74, 6) is -1.48. The monoisotopic (exact) mass is 369 g/mol. The van der Waals surface area contributed by atoms with Crippen LogP contribution in [0.4, 0.5) is 11.5 Å². The van der Waals surface area contributed by atoms with Gasteiger partial charge >= 0.3 is 5.97 Å². The summed E-state index contributed by atoms with van der Waals surface area (Å²) in [4.78, 5) is 37.4. The lowest BCUT2D eigenvalue weighted by atomic mass is 10.2. The van der Waals surface area contributed by atoms with Crippen LogP contribution >= 0.6 is 23.2 Å². The first-order valence-corrected chi connectivity index (χ1v) is 7.15. The standard InChI is InChI=1S/C14H9Cl2N3O5/c15-9-5-11(16)13(17-6-9)18-12(20)7-24-14(21)8-2-1-3-10(4-8)19(22)23/h1-6H,7H2,(H,17,18,20). The van der Waals surface area contributed by atoms with Crippen molar-refractivity contribution in [2.75, 3.05) is 11.9 Å². The highest BCUT2D eigenvalue weighted by Crippen LogP contribution is 2.22. The summed E-state index contributed by atoms with van der Waals surface area (Å²) in [6, 6.07) is 6.35. The molecule has 0 fully saturated rings. The average molecular weight is 370 g/mol. The van der Waals surface area contributed by atoms with Crippen LogP contribution in [0, 0.1) is 10.1 Å². The van der Waals surface area contributed by atoms with Gasteiger partial charge in [0.2, 0.25) is 0 Å². The largest absolute Gasteiger partial charge is 0.452 e. The molecule has 0 bridgehead atoms. The normalized spacial score (nSPS) is 10.1. The molecule has 0 saturated carbocycles. The van der Waals surface area contributed by atoms with Crippen LogP contribution in [0.5, 0.6) is 0 Å². The van der Waals surface area contributed by atoms with Crippen molar-refractivity contribution in [1.29, 1.82) is 0 Å². The molecule has 1 aromatic carbocycles. The summed E-state index contributed by atoms with van der Waals surface area (Å²) >= 11 is 11.5. The van der Waals surface area contributed by atoms with E-state index in [1.165, 1.54) is 30.5 Å². The van der Waals surface area contributed by atoms with Gasteiger partial charge in [-0.3, -0.25) is 14.9 Å². The number of carbonyl (C=O) groups excluding carboxylic acids is 2. The molecule has 0 aliphatic rings. The minimum atomic E-state index is -0.871. The van der Waals surface area contributed by atoms with Crippen molar-refractivity contribution in [3.05, 3.63) is 62.3 Å². The van der Waals surface area contributed by atoms with E-state index < -0.39 is 23.4 Å². The fourth-order valence-electron chi connectivity index (χ4n) is 1.64. The van der Waals surface area contributed by atoms with Crippen LogP contribution in [0.2, 0.25) is 10.0 Å². The first kappa shape index (κ1) is 17.6. The number of ether oxygens (including phenoxy) is 1. The Balaban J connectivity index is 1.95. The molecule has 2 rings (SSSR count). The number of esters is 1. The number of benzene rings is 1. The number of non-ortho nitro benzene ring substituents is 1. The molecule has 10 heteroatoms. The number of amides is 1. The summed E-state index contributed by atoms with van der Waals surface area (Å²) in [7, 11) is 0. The van der Waals surface area contributed by atoms with Crippen molar-refractivity contribution in [3.8, 4) is 0 Å². The van der Waals surface area contributed by atoms with E-state index in [2.05, 4.69) is 10.3 Å². The molecule has 1 heterocycles. The number of anilines is 1. The smallest absolute Gasteiger partial charge is 0.338 e. The number of nitrogens with zero attached hydrogens (tertiary/aromatic N) is 2. The molecule has 0 aliphatic heterocycles. The van der Waals surface area contributed by atoms with Gasteiger partial charge in [-0.1, -0.05) is 29.3 Å². The number of aromatic nitrogens is 1. The van der Waals surface area contributed by atoms with Crippen molar-refractivity contribution in [2.24, 2.45) is 0 Å². The van der Waals surface area contributed by atoms with Gasteiger partial charge in [0.05, 0.1) is 20.5 Å². The Morgan fingerprint density at radius 3 is 2.71 bits per heavy atom. The fraction of sp³-hybridized carbons (Fsp3) is 0.0714. The van der Waals surface area contributed by atoms with Gasteiger partial charge in [-0.2, -0.15) is 0 Å². The number of nitrogens with one attached hydrogen (secondary N) is 1. The van der Waals surface area contributed by atoms with Gasteiger partial charge in [0, 0.05) is 18.3 Å². The van der Waals surface area contributed by atoms with Crippen molar-refractivity contribution < 1.29 is 19.2 Å². The SMILES string of the molecule is O=C(COC(=O)c1cccc([N+](=O)[O-])c1)Nc1ncc(Cl)cc1Cl. The zero-order valence-electron chi connectivity index (χ0n) is 11.9. The van der Waals surface area contributed by atoms with Crippen molar-refractivity contribution in [3.63, 3.8) is 0 Å². The molecule has 1 amide bonds. The second kappa shape index (κ2) is 7.71. The lowest BCUT2D eigenvalue weighted by Gasteiger charge is -2.07. The van der Waals surface area contributed by atoms with E-state index in [1.54, 1.807) is 0 Å². The van der Waals surface area contributed by atoms with Gasteiger partial charge in [-0.05, 0) is 12.1 Å². The van der Waals surface area contributed by atoms with E-state index in [0.717, 1.165) is 6.07 Å². The zero-order chi connectivity index (χ0) is 17.7. The highest BCUT2D eigenvalue weighted by Gasteiger charge is 2.15. The highest BCUT2D eigenvalue weighted by molar-refractivity contribution is 6.36. The van der Waals surface area contributed by atoms with Gasteiger partial charge in [0.25, 0.3) is 11.6 Å². The summed E-state index contributed by atoms with van der Waals surface area (Å²) < 4.78 is 4.79. The van der Waals surface area contributed by atoms with Crippen LogP contribution in [0.25, 0.3) is 0 Å². The van der Waals surface area contributed by atoms with Gasteiger partial charge in [0.15, 0.2) is 12.4 Å². The lowest BCUT2D eigenvalue weighted by molar-refractivity contribution is -0.384. The van der Waals surface area contributed by atoms with Gasteiger partial charge in [0.1, 0.15) is 0 Å². The summed E-state index contributed by atoms with van der Waals surface area (Å²) in [6.45, 7) is -0.609. The molecule has 0 atom stereocenters. The van der Waals surface area contributed by atoms with Crippen LogP contribution in [0.15, 0.2) is 36.5 Å². The fourth-order valence-corrected chi connectivity index (χ4v) is 2.06. The third kappa shape index (κ3) is 4.64. The van der Waals surface area contributed by atoms with E-state index in [-0.39, 0.29) is 22.1 Å². The third-order valence-electron chi connectivity index (χ3n) is 2.69. The maximum absolute atomic E-state index is 11.8. The topological polar surface area (TPSA) is 111 Å². The molecule has 0 saturated heterocycles. The van der Waals surface area contributed by atoms with E-state index in [1.807, 2.05) is 0 Å². The van der Waals surface area contributed by atoms with Crippen LogP contribution in [0.3, 0.4) is 0 Å². The molecular formula is C14H9Cl2N3O5. The first-order valence-electron chi connectivity index (χ1n) is 6.39.